The fourth-order valence-corrected chi connectivity index (χ4v) is 5.81. The van der Waals surface area contributed by atoms with Gasteiger partial charge in [0.25, 0.3) is 5.91 Å². The number of hydrogen-bond donors (Lipinski definition) is 4. The number of rotatable bonds is 15. The summed E-state index contributed by atoms with van der Waals surface area (Å²) in [5.41, 5.74) is 2.87. The van der Waals surface area contributed by atoms with Crippen LogP contribution in [0.5, 0.6) is 5.75 Å². The Hall–Kier alpha value is -3.59. The molecule has 236 valence electrons. The van der Waals surface area contributed by atoms with Crippen LogP contribution in [0.1, 0.15) is 63.6 Å². The van der Waals surface area contributed by atoms with Gasteiger partial charge in [-0.2, -0.15) is 0 Å². The fraction of sp³-hybridized carbons (Fsp3) is 0.559. The van der Waals surface area contributed by atoms with E-state index in [9.17, 15) is 19.5 Å². The number of urea groups is 1. The highest BCUT2D eigenvalue weighted by molar-refractivity contribution is 5.87. The van der Waals surface area contributed by atoms with Crippen molar-refractivity contribution in [3.8, 4) is 5.75 Å². The van der Waals surface area contributed by atoms with Gasteiger partial charge in [0.2, 0.25) is 5.91 Å². The summed E-state index contributed by atoms with van der Waals surface area (Å²) in [5, 5.41) is 20.5. The fourth-order valence-electron chi connectivity index (χ4n) is 5.81. The number of carbonyl (C=O) groups excluding carboxylic acids is 3. The second-order valence-electron chi connectivity index (χ2n) is 12.5. The summed E-state index contributed by atoms with van der Waals surface area (Å²) in [4.78, 5) is 40.9. The van der Waals surface area contributed by atoms with Gasteiger partial charge in [0.15, 0.2) is 6.61 Å². The van der Waals surface area contributed by atoms with E-state index in [4.69, 9.17) is 4.74 Å². The molecule has 0 radical (unpaired) electrons. The summed E-state index contributed by atoms with van der Waals surface area (Å²) in [5.74, 6) is 0.287. The van der Waals surface area contributed by atoms with E-state index in [1.807, 2.05) is 76.2 Å². The van der Waals surface area contributed by atoms with E-state index < -0.39 is 18.2 Å². The van der Waals surface area contributed by atoms with Crippen LogP contribution in [0.3, 0.4) is 0 Å². The van der Waals surface area contributed by atoms with Crippen LogP contribution in [0.4, 0.5) is 4.79 Å². The molecule has 2 aromatic rings. The first-order chi connectivity index (χ1) is 20.5. The molecule has 1 saturated heterocycles. The Bertz CT molecular complexity index is 1180. The highest BCUT2D eigenvalue weighted by Crippen LogP contribution is 2.22. The third-order valence-corrected chi connectivity index (χ3v) is 7.84. The van der Waals surface area contributed by atoms with Crippen LogP contribution in [0.2, 0.25) is 0 Å². The Labute approximate surface area is 256 Å². The molecule has 1 heterocycles. The first-order valence-electron chi connectivity index (χ1n) is 15.5. The van der Waals surface area contributed by atoms with Gasteiger partial charge < -0.3 is 30.7 Å². The van der Waals surface area contributed by atoms with Gasteiger partial charge in [0.1, 0.15) is 11.8 Å². The molecule has 0 aliphatic carbocycles. The van der Waals surface area contributed by atoms with Crippen LogP contribution in [0, 0.1) is 25.7 Å². The molecule has 4 amide bonds. The van der Waals surface area contributed by atoms with E-state index in [0.717, 1.165) is 23.1 Å². The number of para-hydroxylation sites is 1. The first kappa shape index (κ1) is 33.9. The van der Waals surface area contributed by atoms with E-state index in [2.05, 4.69) is 29.8 Å². The minimum Gasteiger partial charge on any atom is -0.483 e. The number of nitrogens with zero attached hydrogens (tertiary/aromatic N) is 1. The Morgan fingerprint density at radius 1 is 0.977 bits per heavy atom. The minimum atomic E-state index is -0.941. The van der Waals surface area contributed by atoms with Gasteiger partial charge in [0, 0.05) is 19.1 Å². The maximum atomic E-state index is 13.6. The second kappa shape index (κ2) is 16.3. The van der Waals surface area contributed by atoms with Crippen molar-refractivity contribution in [1.29, 1.82) is 0 Å². The standard InChI is InChI=1S/C34H50N4O5/c1-22(2)18-27(36-33(41)31(23(3)4)38-17-11-16-35-34(38)42)20-29(39)28(19-26-14-8-7-9-15-26)37-30(40)21-43-32-24(5)12-10-13-25(32)6/h7-10,12-15,22-23,27-29,31,39H,11,16-21H2,1-6H3,(H,35,42)(H,36,41)(H,37,40)/t27-,28-,29-,31-/m0/s1. The first-order valence-corrected chi connectivity index (χ1v) is 15.5. The zero-order valence-electron chi connectivity index (χ0n) is 26.6. The van der Waals surface area contributed by atoms with E-state index in [1.165, 1.54) is 0 Å². The molecular formula is C34H50N4O5. The molecule has 43 heavy (non-hydrogen) atoms. The predicted octanol–water partition coefficient (Wildman–Crippen LogP) is 4.13. The normalized spacial score (nSPS) is 16.3. The van der Waals surface area contributed by atoms with Crippen molar-refractivity contribution in [2.45, 2.75) is 91.5 Å². The number of aliphatic hydroxyl groups is 1. The van der Waals surface area contributed by atoms with Crippen LogP contribution in [0.15, 0.2) is 48.5 Å². The quantitative estimate of drug-likeness (QED) is 0.247. The van der Waals surface area contributed by atoms with Gasteiger partial charge in [-0.05, 0) is 68.1 Å². The van der Waals surface area contributed by atoms with Crippen molar-refractivity contribution in [1.82, 2.24) is 20.9 Å². The lowest BCUT2D eigenvalue weighted by Gasteiger charge is -2.37. The maximum Gasteiger partial charge on any atom is 0.318 e. The minimum absolute atomic E-state index is 0.0875. The number of aliphatic hydroxyl groups excluding tert-OH is 1. The Balaban J connectivity index is 1.74. The van der Waals surface area contributed by atoms with Gasteiger partial charge in [-0.3, -0.25) is 9.59 Å². The van der Waals surface area contributed by atoms with Crippen LogP contribution in [-0.2, 0) is 16.0 Å². The van der Waals surface area contributed by atoms with Crippen LogP contribution in [0.25, 0.3) is 0 Å². The van der Waals surface area contributed by atoms with E-state index in [0.29, 0.717) is 31.7 Å². The third-order valence-electron chi connectivity index (χ3n) is 7.84. The number of aryl methyl sites for hydroxylation is 2. The molecule has 0 saturated carbocycles. The molecule has 1 aliphatic rings. The van der Waals surface area contributed by atoms with Crippen molar-refractivity contribution in [3.63, 3.8) is 0 Å². The van der Waals surface area contributed by atoms with Gasteiger partial charge in [-0.25, -0.2) is 4.79 Å². The number of carbonyl (C=O) groups is 3. The third kappa shape index (κ3) is 10.3. The molecule has 3 rings (SSSR count). The summed E-state index contributed by atoms with van der Waals surface area (Å²) in [6, 6.07) is 13.7. The molecular weight excluding hydrogens is 544 g/mol. The molecule has 1 fully saturated rings. The smallest absolute Gasteiger partial charge is 0.318 e. The topological polar surface area (TPSA) is 120 Å². The Morgan fingerprint density at radius 3 is 2.26 bits per heavy atom. The molecule has 9 nitrogen and oxygen atoms in total. The van der Waals surface area contributed by atoms with Gasteiger partial charge in [0.05, 0.1) is 12.1 Å². The zero-order valence-corrected chi connectivity index (χ0v) is 26.6. The monoisotopic (exact) mass is 594 g/mol. The molecule has 2 aromatic carbocycles. The highest BCUT2D eigenvalue weighted by atomic mass is 16.5. The zero-order chi connectivity index (χ0) is 31.5. The van der Waals surface area contributed by atoms with Gasteiger partial charge >= 0.3 is 6.03 Å². The van der Waals surface area contributed by atoms with Crippen molar-refractivity contribution in [2.24, 2.45) is 11.8 Å². The number of benzene rings is 2. The summed E-state index contributed by atoms with van der Waals surface area (Å²) in [7, 11) is 0. The Morgan fingerprint density at radius 2 is 1.65 bits per heavy atom. The summed E-state index contributed by atoms with van der Waals surface area (Å²) < 4.78 is 5.87. The Kier molecular flexibility index (Phi) is 12.9. The predicted molar refractivity (Wildman–Crippen MR) is 169 cm³/mol. The van der Waals surface area contributed by atoms with Crippen LogP contribution < -0.4 is 20.7 Å². The van der Waals surface area contributed by atoms with Crippen molar-refractivity contribution < 1.29 is 24.2 Å². The number of hydrogen-bond acceptors (Lipinski definition) is 5. The van der Waals surface area contributed by atoms with Gasteiger partial charge in [-0.1, -0.05) is 76.2 Å². The maximum absolute atomic E-state index is 13.6. The van der Waals surface area contributed by atoms with E-state index in [1.54, 1.807) is 4.90 Å². The lowest BCUT2D eigenvalue weighted by Crippen LogP contribution is -2.59. The second-order valence-corrected chi connectivity index (χ2v) is 12.5. The molecule has 0 bridgehead atoms. The van der Waals surface area contributed by atoms with Crippen molar-refractivity contribution in [3.05, 3.63) is 65.2 Å². The lowest BCUT2D eigenvalue weighted by atomic mass is 9.92. The summed E-state index contributed by atoms with van der Waals surface area (Å²) in [6.45, 7) is 12.8. The number of ether oxygens (including phenoxy) is 1. The molecule has 1 aliphatic heterocycles. The molecule has 0 spiro atoms. The SMILES string of the molecule is Cc1cccc(C)c1OCC(=O)N[C@@H](Cc1ccccc1)[C@@H](O)C[C@H](CC(C)C)NC(=O)[C@H](C(C)C)N1CCCNC1=O. The number of amides is 4. The van der Waals surface area contributed by atoms with Crippen molar-refractivity contribution >= 4 is 17.8 Å². The van der Waals surface area contributed by atoms with Crippen LogP contribution in [-0.4, -0.2) is 71.8 Å². The lowest BCUT2D eigenvalue weighted by molar-refractivity contribution is -0.128. The molecule has 0 unspecified atom stereocenters. The van der Waals surface area contributed by atoms with Gasteiger partial charge in [-0.15, -0.1) is 0 Å². The van der Waals surface area contributed by atoms with E-state index in [-0.39, 0.29) is 48.8 Å². The average Bonchev–Trinajstić information content (AvgIpc) is 2.93. The molecule has 4 N–H and O–H groups in total. The van der Waals surface area contributed by atoms with Crippen LogP contribution >= 0.6 is 0 Å². The van der Waals surface area contributed by atoms with E-state index >= 15 is 0 Å². The summed E-state index contributed by atoms with van der Waals surface area (Å²) in [6.07, 6.45) is 1.15. The highest BCUT2D eigenvalue weighted by Gasteiger charge is 2.35. The number of nitrogens with one attached hydrogen (secondary N) is 3. The molecule has 4 atom stereocenters. The molecule has 9 heteroatoms. The summed E-state index contributed by atoms with van der Waals surface area (Å²) >= 11 is 0. The van der Waals surface area contributed by atoms with Crippen molar-refractivity contribution in [2.75, 3.05) is 19.7 Å². The largest absolute Gasteiger partial charge is 0.483 e. The molecule has 0 aromatic heterocycles. The average molecular weight is 595 g/mol.